The molecule has 6 rings (SSSR count). The summed E-state index contributed by atoms with van der Waals surface area (Å²) in [5.41, 5.74) is 3.99. The lowest BCUT2D eigenvalue weighted by Gasteiger charge is -2.25. The second kappa shape index (κ2) is 12.5. The lowest BCUT2D eigenvalue weighted by Crippen LogP contribution is -2.40. The van der Waals surface area contributed by atoms with Crippen LogP contribution < -0.4 is 14.8 Å². The number of hydrogen-bond acceptors (Lipinski definition) is 8. The number of ether oxygens (including phenoxy) is 3. The smallest absolute Gasteiger partial charge is 0.424 e. The predicted molar refractivity (Wildman–Crippen MR) is 158 cm³/mol. The van der Waals surface area contributed by atoms with E-state index in [1.807, 2.05) is 48.5 Å². The van der Waals surface area contributed by atoms with Crippen LogP contribution in [0.4, 0.5) is 10.6 Å². The predicted octanol–water partition coefficient (Wildman–Crippen LogP) is 4.49. The Morgan fingerprint density at radius 1 is 1.09 bits per heavy atom. The molecule has 2 aliphatic carbocycles. The summed E-state index contributed by atoms with van der Waals surface area (Å²) >= 11 is 0. The van der Waals surface area contributed by atoms with Gasteiger partial charge in [0, 0.05) is 49.8 Å². The van der Waals surface area contributed by atoms with Crippen molar-refractivity contribution in [3.8, 4) is 11.5 Å². The molecule has 2 N–H and O–H groups in total. The Hall–Kier alpha value is -4.38. The molecule has 2 aromatic carbocycles. The van der Waals surface area contributed by atoms with E-state index in [0.717, 1.165) is 54.5 Å². The van der Waals surface area contributed by atoms with Crippen LogP contribution in [0.3, 0.4) is 0 Å². The van der Waals surface area contributed by atoms with Gasteiger partial charge in [-0.2, -0.15) is 5.10 Å². The van der Waals surface area contributed by atoms with Gasteiger partial charge in [0.25, 0.3) is 0 Å². The van der Waals surface area contributed by atoms with Crippen LogP contribution in [0.1, 0.15) is 64.3 Å². The van der Waals surface area contributed by atoms with Gasteiger partial charge in [0.1, 0.15) is 24.2 Å². The number of nitrogens with one attached hydrogen (secondary N) is 2. The van der Waals surface area contributed by atoms with Gasteiger partial charge in [-0.15, -0.1) is 0 Å². The van der Waals surface area contributed by atoms with Crippen LogP contribution in [0.25, 0.3) is 0 Å². The third kappa shape index (κ3) is 6.08. The van der Waals surface area contributed by atoms with Crippen LogP contribution in [0.15, 0.2) is 42.5 Å². The summed E-state index contributed by atoms with van der Waals surface area (Å²) in [7, 11) is 3.47. The summed E-state index contributed by atoms with van der Waals surface area (Å²) in [6, 6.07) is 13.3. The van der Waals surface area contributed by atoms with Gasteiger partial charge in [-0.25, -0.2) is 14.8 Å². The van der Waals surface area contributed by atoms with Crippen LogP contribution in [0, 0.1) is 5.92 Å². The molecule has 0 radical (unpaired) electrons. The average molecular weight is 588 g/mol. The first kappa shape index (κ1) is 28.7. The summed E-state index contributed by atoms with van der Waals surface area (Å²) in [6.45, 7) is 1.86. The quantitative estimate of drug-likeness (QED) is 0.351. The maximum absolute atomic E-state index is 13.3. The molecule has 0 bridgehead atoms. The monoisotopic (exact) mass is 587 g/mol. The molecule has 3 aromatic rings. The summed E-state index contributed by atoms with van der Waals surface area (Å²) in [4.78, 5) is 38.1. The second-order valence-electron chi connectivity index (χ2n) is 11.5. The number of nitrogens with zero attached hydrogens (tertiary/aromatic N) is 3. The van der Waals surface area contributed by atoms with Gasteiger partial charge in [-0.05, 0) is 55.2 Å². The number of H-pyrrole nitrogens is 1. The van der Waals surface area contributed by atoms with E-state index in [0.29, 0.717) is 55.3 Å². The number of hydrogen-bond donors (Lipinski definition) is 2. The number of carbonyl (C=O) groups is 3. The Bertz CT molecular complexity index is 1490. The molecular weight excluding hydrogens is 550 g/mol. The molecule has 2 amide bonds. The van der Waals surface area contributed by atoms with E-state index in [9.17, 15) is 14.4 Å². The summed E-state index contributed by atoms with van der Waals surface area (Å²) in [6.07, 6.45) is 4.52. The Morgan fingerprint density at radius 3 is 2.65 bits per heavy atom. The summed E-state index contributed by atoms with van der Waals surface area (Å²) in [5.74, 6) is 1.11. The number of anilines is 1. The van der Waals surface area contributed by atoms with Crippen LogP contribution in [0.2, 0.25) is 0 Å². The zero-order valence-electron chi connectivity index (χ0n) is 24.5. The molecule has 0 spiro atoms. The Labute approximate surface area is 250 Å². The highest BCUT2D eigenvalue weighted by Crippen LogP contribution is 2.41. The zero-order chi connectivity index (χ0) is 29.9. The molecule has 3 atom stereocenters. The number of benzene rings is 2. The van der Waals surface area contributed by atoms with E-state index >= 15 is 0 Å². The highest BCUT2D eigenvalue weighted by atomic mass is 16.6. The molecule has 2 heterocycles. The van der Waals surface area contributed by atoms with E-state index in [-0.39, 0.29) is 29.9 Å². The van der Waals surface area contributed by atoms with Crippen molar-refractivity contribution in [2.45, 2.75) is 57.2 Å². The van der Waals surface area contributed by atoms with Crippen molar-refractivity contribution in [3.05, 3.63) is 70.4 Å². The van der Waals surface area contributed by atoms with Gasteiger partial charge in [-0.1, -0.05) is 30.3 Å². The molecule has 11 heteroatoms. The minimum absolute atomic E-state index is 0.145. The number of aldehydes is 1. The SMILES string of the molecule is COc1cc(OCc2ccccc2)c(C=O)c2c1CC(C(=O)Nc1cc(C3CCC(OC(=O)N4CCCN4C)C3)[nH]n1)C2. The van der Waals surface area contributed by atoms with Gasteiger partial charge in [0.05, 0.1) is 12.7 Å². The van der Waals surface area contributed by atoms with Gasteiger partial charge < -0.3 is 19.5 Å². The third-order valence-corrected chi connectivity index (χ3v) is 8.78. The molecule has 1 saturated carbocycles. The molecule has 43 heavy (non-hydrogen) atoms. The van der Waals surface area contributed by atoms with Crippen molar-refractivity contribution in [2.75, 3.05) is 32.6 Å². The van der Waals surface area contributed by atoms with E-state index in [2.05, 4.69) is 15.5 Å². The molecule has 1 saturated heterocycles. The standard InChI is InChI=1S/C32H37N5O6/c1-36-11-6-12-37(36)32(40)43-23-10-9-21(13-23)27-16-30(35-34-27)33-31(39)22-14-24-25(15-22)28(41-2)17-29(26(24)18-38)42-19-20-7-4-3-5-8-20/h3-5,7-8,16-18,21-23H,6,9-15,19H2,1-2H3,(H2,33,34,35,39). The fourth-order valence-electron chi connectivity index (χ4n) is 6.46. The van der Waals surface area contributed by atoms with Crippen molar-refractivity contribution in [1.82, 2.24) is 20.2 Å². The fourth-order valence-corrected chi connectivity index (χ4v) is 6.46. The number of aromatic amines is 1. The largest absolute Gasteiger partial charge is 0.496 e. The molecule has 1 aromatic heterocycles. The lowest BCUT2D eigenvalue weighted by atomic mass is 10.0. The highest BCUT2D eigenvalue weighted by molar-refractivity contribution is 5.94. The van der Waals surface area contributed by atoms with Crippen molar-refractivity contribution in [1.29, 1.82) is 0 Å². The number of rotatable bonds is 9. The number of aromatic nitrogens is 2. The van der Waals surface area contributed by atoms with Crippen molar-refractivity contribution >= 4 is 24.1 Å². The minimum atomic E-state index is -0.383. The third-order valence-electron chi connectivity index (χ3n) is 8.78. The van der Waals surface area contributed by atoms with Gasteiger partial charge in [0.15, 0.2) is 12.1 Å². The summed E-state index contributed by atoms with van der Waals surface area (Å²) in [5, 5.41) is 13.9. The van der Waals surface area contributed by atoms with Crippen LogP contribution in [-0.2, 0) is 29.0 Å². The number of methoxy groups -OCH3 is 1. The Kier molecular flexibility index (Phi) is 8.33. The molecule has 226 valence electrons. The van der Waals surface area contributed by atoms with E-state index in [1.54, 1.807) is 18.2 Å². The lowest BCUT2D eigenvalue weighted by molar-refractivity contribution is -0.119. The molecule has 11 nitrogen and oxygen atoms in total. The maximum atomic E-state index is 13.3. The average Bonchev–Trinajstić information content (AvgIpc) is 3.83. The molecule has 3 unspecified atom stereocenters. The second-order valence-corrected chi connectivity index (χ2v) is 11.5. The number of carbonyl (C=O) groups excluding carboxylic acids is 3. The fraction of sp³-hybridized carbons (Fsp3) is 0.438. The first-order valence-electron chi connectivity index (χ1n) is 14.8. The first-order valence-corrected chi connectivity index (χ1v) is 14.8. The number of hydrazine groups is 1. The molecule has 2 fully saturated rings. The Balaban J connectivity index is 1.07. The zero-order valence-corrected chi connectivity index (χ0v) is 24.5. The van der Waals surface area contributed by atoms with Gasteiger partial charge in [0.2, 0.25) is 5.91 Å². The molecule has 1 aliphatic heterocycles. The van der Waals surface area contributed by atoms with Crippen LogP contribution >= 0.6 is 0 Å². The maximum Gasteiger partial charge on any atom is 0.424 e. The van der Waals surface area contributed by atoms with Crippen molar-refractivity contribution in [3.63, 3.8) is 0 Å². The molecular formula is C32H37N5O6. The summed E-state index contributed by atoms with van der Waals surface area (Å²) < 4.78 is 17.4. The van der Waals surface area contributed by atoms with E-state index in [4.69, 9.17) is 14.2 Å². The van der Waals surface area contributed by atoms with Crippen molar-refractivity contribution < 1.29 is 28.6 Å². The van der Waals surface area contributed by atoms with E-state index < -0.39 is 0 Å². The number of fused-ring (bicyclic) bond motifs is 1. The Morgan fingerprint density at radius 2 is 1.91 bits per heavy atom. The normalized spacial score (nSPS) is 21.4. The van der Waals surface area contributed by atoms with Gasteiger partial charge in [-0.3, -0.25) is 14.7 Å². The highest BCUT2D eigenvalue weighted by Gasteiger charge is 2.35. The van der Waals surface area contributed by atoms with Crippen LogP contribution in [0.5, 0.6) is 11.5 Å². The molecule has 3 aliphatic rings. The first-order chi connectivity index (χ1) is 20.9. The number of amides is 2. The van der Waals surface area contributed by atoms with Crippen molar-refractivity contribution in [2.24, 2.45) is 5.92 Å². The topological polar surface area (TPSA) is 126 Å². The van der Waals surface area contributed by atoms with E-state index in [1.165, 1.54) is 0 Å². The minimum Gasteiger partial charge on any atom is -0.496 e. The van der Waals surface area contributed by atoms with Gasteiger partial charge >= 0.3 is 6.09 Å². The van der Waals surface area contributed by atoms with Crippen LogP contribution in [-0.4, -0.2) is 71.9 Å².